The van der Waals surface area contributed by atoms with Crippen molar-refractivity contribution >= 4 is 29.7 Å². The van der Waals surface area contributed by atoms with Crippen LogP contribution in [0.4, 0.5) is 4.79 Å². The van der Waals surface area contributed by atoms with Crippen molar-refractivity contribution in [1.82, 2.24) is 15.5 Å². The van der Waals surface area contributed by atoms with Crippen molar-refractivity contribution in [2.24, 2.45) is 0 Å². The summed E-state index contributed by atoms with van der Waals surface area (Å²) in [6, 6.07) is 3.25. The molecular weight excluding hydrogens is 490 g/mol. The predicted octanol–water partition coefficient (Wildman–Crippen LogP) is 5.32. The van der Waals surface area contributed by atoms with Crippen molar-refractivity contribution in [3.05, 3.63) is 29.3 Å². The topological polar surface area (TPSA) is 108 Å². The number of carbonyl (C=O) groups excluding carboxylic acids is 3. The van der Waals surface area contributed by atoms with Crippen LogP contribution >= 0.6 is 11.8 Å². The summed E-state index contributed by atoms with van der Waals surface area (Å²) in [5, 5.41) is 15.8. The van der Waals surface area contributed by atoms with Gasteiger partial charge in [0.25, 0.3) is 0 Å². The van der Waals surface area contributed by atoms with E-state index in [1.807, 2.05) is 13.2 Å². The first kappa shape index (κ1) is 32.6. The molecule has 0 aliphatic rings. The number of aromatic hydroxyl groups is 1. The Kier molecular flexibility index (Phi) is 14.5. The van der Waals surface area contributed by atoms with Crippen LogP contribution in [0, 0.1) is 6.92 Å². The minimum absolute atomic E-state index is 0.127. The highest BCUT2D eigenvalue weighted by atomic mass is 32.2. The number of rotatable bonds is 15. The van der Waals surface area contributed by atoms with Crippen LogP contribution in [0.5, 0.6) is 5.75 Å². The van der Waals surface area contributed by atoms with Crippen LogP contribution in [0.15, 0.2) is 18.2 Å². The maximum absolute atomic E-state index is 14.1. The maximum atomic E-state index is 14.1. The fourth-order valence-corrected chi connectivity index (χ4v) is 4.32. The number of hydrogen-bond donors (Lipinski definition) is 3. The molecular formula is C28H47N3O5S. The maximum Gasteiger partial charge on any atom is 0.408 e. The second kappa shape index (κ2) is 16.4. The number of aryl methyl sites for hydroxylation is 1. The highest BCUT2D eigenvalue weighted by Gasteiger charge is 2.36. The Morgan fingerprint density at radius 1 is 1.11 bits per heavy atom. The summed E-state index contributed by atoms with van der Waals surface area (Å²) in [4.78, 5) is 41.8. The molecule has 37 heavy (non-hydrogen) atoms. The van der Waals surface area contributed by atoms with Crippen LogP contribution in [0.1, 0.15) is 90.3 Å². The zero-order valence-electron chi connectivity index (χ0n) is 23.7. The third-order valence-corrected chi connectivity index (χ3v) is 6.46. The quantitative estimate of drug-likeness (QED) is 0.261. The molecule has 8 nitrogen and oxygen atoms in total. The van der Waals surface area contributed by atoms with Crippen LogP contribution in [0.2, 0.25) is 0 Å². The third-order valence-electron chi connectivity index (χ3n) is 5.81. The molecule has 2 atom stereocenters. The van der Waals surface area contributed by atoms with E-state index in [-0.39, 0.29) is 17.6 Å². The number of phenols is 1. The van der Waals surface area contributed by atoms with Gasteiger partial charge in [-0.25, -0.2) is 4.79 Å². The van der Waals surface area contributed by atoms with E-state index in [2.05, 4.69) is 17.6 Å². The molecule has 9 heteroatoms. The Balaban J connectivity index is 3.46. The van der Waals surface area contributed by atoms with Crippen LogP contribution in [0.25, 0.3) is 0 Å². The molecule has 0 bridgehead atoms. The van der Waals surface area contributed by atoms with E-state index >= 15 is 0 Å². The van der Waals surface area contributed by atoms with Crippen molar-refractivity contribution in [1.29, 1.82) is 0 Å². The number of ether oxygens (including phenoxy) is 1. The summed E-state index contributed by atoms with van der Waals surface area (Å²) in [6.45, 7) is 12.1. The molecule has 2 unspecified atom stereocenters. The van der Waals surface area contributed by atoms with E-state index in [1.54, 1.807) is 62.6 Å². The Labute approximate surface area is 227 Å². The Bertz CT molecular complexity index is 872. The molecule has 1 aromatic rings. The molecule has 0 aromatic heterocycles. The highest BCUT2D eigenvalue weighted by molar-refractivity contribution is 7.98. The zero-order valence-corrected chi connectivity index (χ0v) is 24.5. The van der Waals surface area contributed by atoms with Crippen molar-refractivity contribution in [2.75, 3.05) is 25.1 Å². The number of nitrogens with one attached hydrogen (secondary N) is 2. The van der Waals surface area contributed by atoms with E-state index in [4.69, 9.17) is 4.74 Å². The van der Waals surface area contributed by atoms with Gasteiger partial charge < -0.3 is 25.4 Å². The Morgan fingerprint density at radius 2 is 1.78 bits per heavy atom. The number of thioether (sulfide) groups is 1. The predicted molar refractivity (Wildman–Crippen MR) is 151 cm³/mol. The number of amides is 3. The van der Waals surface area contributed by atoms with Gasteiger partial charge in [0.05, 0.1) is 0 Å². The number of hydrogen-bond acceptors (Lipinski definition) is 6. The van der Waals surface area contributed by atoms with Gasteiger partial charge in [0.2, 0.25) is 11.8 Å². The molecule has 0 spiro atoms. The smallest absolute Gasteiger partial charge is 0.408 e. The van der Waals surface area contributed by atoms with E-state index in [0.29, 0.717) is 36.4 Å². The van der Waals surface area contributed by atoms with Gasteiger partial charge in [-0.2, -0.15) is 11.8 Å². The monoisotopic (exact) mass is 537 g/mol. The largest absolute Gasteiger partial charge is 0.508 e. The Hall–Kier alpha value is -2.42. The molecule has 0 heterocycles. The van der Waals surface area contributed by atoms with Gasteiger partial charge in [0.15, 0.2) is 0 Å². The van der Waals surface area contributed by atoms with Crippen molar-refractivity contribution < 1.29 is 24.2 Å². The summed E-state index contributed by atoms with van der Waals surface area (Å²) in [5.74, 6) is 0.185. The van der Waals surface area contributed by atoms with Gasteiger partial charge in [-0.15, -0.1) is 0 Å². The molecule has 210 valence electrons. The SMILES string of the molecule is CCCCCN(C(=O)C(CCSC)NC(=O)OC(C)(C)C)C(C(=O)NCCCC)c1ccc(O)c(C)c1. The van der Waals surface area contributed by atoms with Gasteiger partial charge in [-0.3, -0.25) is 9.59 Å². The lowest BCUT2D eigenvalue weighted by Crippen LogP contribution is -2.53. The number of nitrogens with zero attached hydrogens (tertiary/aromatic N) is 1. The van der Waals surface area contributed by atoms with E-state index < -0.39 is 23.8 Å². The molecule has 0 saturated heterocycles. The number of phenolic OH excluding ortho intramolecular Hbond substituents is 1. The van der Waals surface area contributed by atoms with E-state index in [1.165, 1.54) is 0 Å². The molecule has 0 aliphatic heterocycles. The van der Waals surface area contributed by atoms with Crippen molar-refractivity contribution in [2.45, 2.75) is 97.8 Å². The number of carbonyl (C=O) groups is 3. The summed E-state index contributed by atoms with van der Waals surface area (Å²) >= 11 is 1.58. The van der Waals surface area contributed by atoms with Crippen LogP contribution in [-0.4, -0.2) is 64.7 Å². The average molecular weight is 538 g/mol. The van der Waals surface area contributed by atoms with Gasteiger partial charge in [-0.05, 0) is 82.2 Å². The zero-order chi connectivity index (χ0) is 28.0. The lowest BCUT2D eigenvalue weighted by Gasteiger charge is -2.35. The standard InChI is InChI=1S/C28H47N3O5S/c1-8-10-12-17-31(26(34)22(15-18-37-7)30-27(35)36-28(4,5)6)24(25(33)29-16-11-9-2)21-13-14-23(32)20(3)19-21/h13-14,19,22,24,32H,8-12,15-18H2,1-7H3,(H,29,33)(H,30,35). The molecule has 0 radical (unpaired) electrons. The molecule has 0 aliphatic carbocycles. The second-order valence-electron chi connectivity index (χ2n) is 10.3. The first-order chi connectivity index (χ1) is 17.4. The van der Waals surface area contributed by atoms with Gasteiger partial charge in [0.1, 0.15) is 23.4 Å². The number of alkyl carbamates (subject to hydrolysis) is 1. The van der Waals surface area contributed by atoms with E-state index in [9.17, 15) is 19.5 Å². The molecule has 0 saturated carbocycles. The fourth-order valence-electron chi connectivity index (χ4n) is 3.85. The Morgan fingerprint density at radius 3 is 2.35 bits per heavy atom. The molecule has 0 fully saturated rings. The minimum Gasteiger partial charge on any atom is -0.508 e. The summed E-state index contributed by atoms with van der Waals surface area (Å²) < 4.78 is 5.43. The minimum atomic E-state index is -0.891. The van der Waals surface area contributed by atoms with Gasteiger partial charge in [-0.1, -0.05) is 39.2 Å². The fraction of sp³-hybridized carbons (Fsp3) is 0.679. The average Bonchev–Trinajstić information content (AvgIpc) is 2.81. The van der Waals surface area contributed by atoms with Crippen molar-refractivity contribution in [3.8, 4) is 5.75 Å². The second-order valence-corrected chi connectivity index (χ2v) is 11.3. The molecule has 3 amide bonds. The van der Waals surface area contributed by atoms with Crippen LogP contribution in [-0.2, 0) is 14.3 Å². The lowest BCUT2D eigenvalue weighted by atomic mass is 9.99. The van der Waals surface area contributed by atoms with Gasteiger partial charge >= 0.3 is 6.09 Å². The highest BCUT2D eigenvalue weighted by Crippen LogP contribution is 2.28. The summed E-state index contributed by atoms with van der Waals surface area (Å²) in [5.41, 5.74) is 0.536. The van der Waals surface area contributed by atoms with E-state index in [0.717, 1.165) is 32.1 Å². The van der Waals surface area contributed by atoms with Gasteiger partial charge in [0, 0.05) is 13.1 Å². The normalized spacial score (nSPS) is 12.9. The van der Waals surface area contributed by atoms with Crippen molar-refractivity contribution in [3.63, 3.8) is 0 Å². The summed E-state index contributed by atoms with van der Waals surface area (Å²) in [7, 11) is 0. The van der Waals surface area contributed by atoms with Crippen LogP contribution < -0.4 is 10.6 Å². The summed E-state index contributed by atoms with van der Waals surface area (Å²) in [6.07, 6.45) is 6.02. The van der Waals surface area contributed by atoms with Crippen LogP contribution in [0.3, 0.4) is 0 Å². The third kappa shape index (κ3) is 11.7. The lowest BCUT2D eigenvalue weighted by molar-refractivity contribution is -0.142. The molecule has 1 rings (SSSR count). The molecule has 3 N–H and O–H groups in total. The molecule has 1 aromatic carbocycles. The first-order valence-electron chi connectivity index (χ1n) is 13.3. The number of benzene rings is 1. The number of unbranched alkanes of at least 4 members (excludes halogenated alkanes) is 3. The first-order valence-corrected chi connectivity index (χ1v) is 14.7.